The molecule has 2 aliphatic rings. The summed E-state index contributed by atoms with van der Waals surface area (Å²) < 4.78 is 5.64. The summed E-state index contributed by atoms with van der Waals surface area (Å²) in [6.45, 7) is 3.38. The quantitative estimate of drug-likeness (QED) is 0.840. The number of pyridine rings is 1. The number of hydrogen-bond acceptors (Lipinski definition) is 4. The lowest BCUT2D eigenvalue weighted by molar-refractivity contribution is -0.133. The van der Waals surface area contributed by atoms with Gasteiger partial charge in [-0.05, 0) is 18.2 Å². The van der Waals surface area contributed by atoms with Crippen molar-refractivity contribution in [1.29, 1.82) is 0 Å². The lowest BCUT2D eigenvalue weighted by Gasteiger charge is -2.36. The molecule has 124 valence electrons. The number of carbonyl (C=O) groups excluding carboxylic acids is 1. The van der Waals surface area contributed by atoms with Crippen molar-refractivity contribution >= 4 is 23.3 Å². The third kappa shape index (κ3) is 2.80. The number of para-hydroxylation sites is 1. The average molecular weight is 344 g/mol. The summed E-state index contributed by atoms with van der Waals surface area (Å²) in [6, 6.07) is 11.6. The number of benzene rings is 1. The summed E-state index contributed by atoms with van der Waals surface area (Å²) in [5.41, 5.74) is 1.00. The first kappa shape index (κ1) is 15.3. The molecule has 2 aliphatic heterocycles. The SMILES string of the molecule is O=C(C1COc2ccccc21)N1CCN(c2ccc(Cl)cn2)CC1. The Morgan fingerprint density at radius 3 is 2.67 bits per heavy atom. The number of amides is 1. The molecule has 1 fully saturated rings. The van der Waals surface area contributed by atoms with Crippen LogP contribution in [-0.2, 0) is 4.79 Å². The van der Waals surface area contributed by atoms with Gasteiger partial charge in [0, 0.05) is 37.9 Å². The zero-order chi connectivity index (χ0) is 16.5. The molecule has 0 N–H and O–H groups in total. The molecule has 1 saturated heterocycles. The third-order valence-corrected chi connectivity index (χ3v) is 4.85. The summed E-state index contributed by atoms with van der Waals surface area (Å²) in [4.78, 5) is 21.3. The Hall–Kier alpha value is -2.27. The predicted molar refractivity (Wildman–Crippen MR) is 92.7 cm³/mol. The molecule has 1 aromatic carbocycles. The van der Waals surface area contributed by atoms with Gasteiger partial charge in [-0.15, -0.1) is 0 Å². The highest BCUT2D eigenvalue weighted by atomic mass is 35.5. The largest absolute Gasteiger partial charge is 0.492 e. The number of anilines is 1. The number of halogens is 1. The fourth-order valence-electron chi connectivity index (χ4n) is 3.30. The summed E-state index contributed by atoms with van der Waals surface area (Å²) in [7, 11) is 0. The second kappa shape index (κ2) is 6.32. The molecule has 0 saturated carbocycles. The Morgan fingerprint density at radius 1 is 1.12 bits per heavy atom. The van der Waals surface area contributed by atoms with Gasteiger partial charge < -0.3 is 14.5 Å². The highest BCUT2D eigenvalue weighted by molar-refractivity contribution is 6.30. The minimum atomic E-state index is -0.179. The van der Waals surface area contributed by atoms with E-state index in [1.54, 1.807) is 6.20 Å². The van der Waals surface area contributed by atoms with Crippen molar-refractivity contribution in [3.8, 4) is 5.75 Å². The number of ether oxygens (including phenoxy) is 1. The van der Waals surface area contributed by atoms with E-state index < -0.39 is 0 Å². The Balaban J connectivity index is 1.41. The molecule has 24 heavy (non-hydrogen) atoms. The topological polar surface area (TPSA) is 45.7 Å². The maximum absolute atomic E-state index is 12.8. The van der Waals surface area contributed by atoms with Gasteiger partial charge in [0.2, 0.25) is 5.91 Å². The molecule has 3 heterocycles. The van der Waals surface area contributed by atoms with E-state index in [1.165, 1.54) is 0 Å². The number of nitrogens with zero attached hydrogens (tertiary/aromatic N) is 3. The van der Waals surface area contributed by atoms with E-state index in [9.17, 15) is 4.79 Å². The molecular formula is C18H18ClN3O2. The summed E-state index contributed by atoms with van der Waals surface area (Å²) >= 11 is 5.88. The minimum absolute atomic E-state index is 0.156. The third-order valence-electron chi connectivity index (χ3n) is 4.63. The van der Waals surface area contributed by atoms with Crippen molar-refractivity contribution in [2.45, 2.75) is 5.92 Å². The average Bonchev–Trinajstić information content (AvgIpc) is 3.06. The first-order chi connectivity index (χ1) is 11.7. The zero-order valence-corrected chi connectivity index (χ0v) is 13.9. The Kier molecular flexibility index (Phi) is 4.02. The van der Waals surface area contributed by atoms with Crippen LogP contribution < -0.4 is 9.64 Å². The van der Waals surface area contributed by atoms with Gasteiger partial charge in [0.05, 0.1) is 5.02 Å². The Labute approximate surface area is 145 Å². The van der Waals surface area contributed by atoms with E-state index in [4.69, 9.17) is 16.3 Å². The summed E-state index contributed by atoms with van der Waals surface area (Å²) in [5, 5.41) is 0.632. The molecule has 6 heteroatoms. The van der Waals surface area contributed by atoms with Gasteiger partial charge in [-0.25, -0.2) is 4.98 Å². The van der Waals surface area contributed by atoms with Crippen LogP contribution in [0, 0.1) is 0 Å². The smallest absolute Gasteiger partial charge is 0.233 e. The molecule has 0 spiro atoms. The van der Waals surface area contributed by atoms with Gasteiger partial charge in [0.25, 0.3) is 0 Å². The van der Waals surface area contributed by atoms with E-state index in [0.29, 0.717) is 24.7 Å². The number of piperazine rings is 1. The second-order valence-corrected chi connectivity index (χ2v) is 6.48. The van der Waals surface area contributed by atoms with E-state index in [2.05, 4.69) is 9.88 Å². The van der Waals surface area contributed by atoms with E-state index in [1.807, 2.05) is 41.3 Å². The molecule has 2 aromatic rings. The van der Waals surface area contributed by atoms with Gasteiger partial charge in [0.1, 0.15) is 24.1 Å². The van der Waals surface area contributed by atoms with Gasteiger partial charge in [-0.1, -0.05) is 29.8 Å². The lowest BCUT2D eigenvalue weighted by Crippen LogP contribution is -2.50. The van der Waals surface area contributed by atoms with Crippen LogP contribution in [0.5, 0.6) is 5.75 Å². The minimum Gasteiger partial charge on any atom is -0.492 e. The van der Waals surface area contributed by atoms with Crippen molar-refractivity contribution in [3.63, 3.8) is 0 Å². The van der Waals surface area contributed by atoms with Crippen LogP contribution in [0.3, 0.4) is 0 Å². The van der Waals surface area contributed by atoms with Gasteiger partial charge in [0.15, 0.2) is 0 Å². The fraction of sp³-hybridized carbons (Fsp3) is 0.333. The zero-order valence-electron chi connectivity index (χ0n) is 13.2. The number of rotatable bonds is 2. The van der Waals surface area contributed by atoms with Crippen molar-refractivity contribution < 1.29 is 9.53 Å². The van der Waals surface area contributed by atoms with Crippen molar-refractivity contribution in [3.05, 3.63) is 53.2 Å². The molecule has 1 unspecified atom stereocenters. The van der Waals surface area contributed by atoms with E-state index >= 15 is 0 Å². The van der Waals surface area contributed by atoms with Crippen molar-refractivity contribution in [1.82, 2.24) is 9.88 Å². The van der Waals surface area contributed by atoms with Gasteiger partial charge in [-0.2, -0.15) is 0 Å². The lowest BCUT2D eigenvalue weighted by atomic mass is 9.99. The van der Waals surface area contributed by atoms with Crippen LogP contribution in [0.25, 0.3) is 0 Å². The van der Waals surface area contributed by atoms with Gasteiger partial charge >= 0.3 is 0 Å². The van der Waals surface area contributed by atoms with Crippen LogP contribution >= 0.6 is 11.6 Å². The Bertz CT molecular complexity index is 742. The van der Waals surface area contributed by atoms with Crippen LogP contribution in [0.2, 0.25) is 5.02 Å². The van der Waals surface area contributed by atoms with Crippen LogP contribution in [0.15, 0.2) is 42.6 Å². The van der Waals surface area contributed by atoms with Crippen molar-refractivity contribution in [2.24, 2.45) is 0 Å². The molecular weight excluding hydrogens is 326 g/mol. The maximum atomic E-state index is 12.8. The molecule has 4 rings (SSSR count). The molecule has 1 atom stereocenters. The second-order valence-electron chi connectivity index (χ2n) is 6.05. The molecule has 1 amide bonds. The molecule has 5 nitrogen and oxygen atoms in total. The van der Waals surface area contributed by atoms with Gasteiger partial charge in [-0.3, -0.25) is 4.79 Å². The van der Waals surface area contributed by atoms with Crippen molar-refractivity contribution in [2.75, 3.05) is 37.7 Å². The summed E-state index contributed by atoms with van der Waals surface area (Å²) in [5.74, 6) is 1.71. The Morgan fingerprint density at radius 2 is 1.92 bits per heavy atom. The number of hydrogen-bond donors (Lipinski definition) is 0. The normalized spacial score (nSPS) is 19.8. The summed E-state index contributed by atoms with van der Waals surface area (Å²) in [6.07, 6.45) is 1.65. The number of carbonyl (C=O) groups is 1. The van der Waals surface area contributed by atoms with Crippen LogP contribution in [-0.4, -0.2) is 48.6 Å². The van der Waals surface area contributed by atoms with Crippen LogP contribution in [0.1, 0.15) is 11.5 Å². The highest BCUT2D eigenvalue weighted by Crippen LogP contribution is 2.34. The molecule has 0 aliphatic carbocycles. The van der Waals surface area contributed by atoms with E-state index in [-0.39, 0.29) is 11.8 Å². The van der Waals surface area contributed by atoms with Crippen LogP contribution in [0.4, 0.5) is 5.82 Å². The number of fused-ring (bicyclic) bond motifs is 1. The van der Waals surface area contributed by atoms with E-state index in [0.717, 1.165) is 30.2 Å². The molecule has 0 radical (unpaired) electrons. The first-order valence-electron chi connectivity index (χ1n) is 8.09. The highest BCUT2D eigenvalue weighted by Gasteiger charge is 2.34. The molecule has 1 aromatic heterocycles. The number of aromatic nitrogens is 1. The maximum Gasteiger partial charge on any atom is 0.233 e. The fourth-order valence-corrected chi connectivity index (χ4v) is 3.41. The standard InChI is InChI=1S/C18H18ClN3O2/c19-13-5-6-17(20-11-13)21-7-9-22(10-8-21)18(23)15-12-24-16-4-2-1-3-14(15)16/h1-6,11,15H,7-10,12H2. The first-order valence-corrected chi connectivity index (χ1v) is 8.47. The predicted octanol–water partition coefficient (Wildman–Crippen LogP) is 2.56. The monoisotopic (exact) mass is 343 g/mol. The molecule has 0 bridgehead atoms.